The van der Waals surface area contributed by atoms with Crippen LogP contribution in [-0.2, 0) is 0 Å². The van der Waals surface area contributed by atoms with Crippen LogP contribution in [0.3, 0.4) is 0 Å². The summed E-state index contributed by atoms with van der Waals surface area (Å²) >= 11 is 7.00. The molecule has 94 valence electrons. The predicted molar refractivity (Wildman–Crippen MR) is 76.3 cm³/mol. The predicted octanol–water partition coefficient (Wildman–Crippen LogP) is 3.00. The van der Waals surface area contributed by atoms with Gasteiger partial charge in [-0.1, -0.05) is 19.3 Å². The molecule has 1 unspecified atom stereocenters. The summed E-state index contributed by atoms with van der Waals surface area (Å²) in [7, 11) is 0. The minimum Gasteiger partial charge on any atom is -0.360 e. The van der Waals surface area contributed by atoms with Crippen LogP contribution in [0, 0.1) is 0 Å². The van der Waals surface area contributed by atoms with Crippen molar-refractivity contribution in [3.63, 3.8) is 0 Å². The largest absolute Gasteiger partial charge is 0.360 e. The van der Waals surface area contributed by atoms with E-state index in [4.69, 9.17) is 12.2 Å². The summed E-state index contributed by atoms with van der Waals surface area (Å²) < 4.78 is 0. The van der Waals surface area contributed by atoms with Crippen LogP contribution in [0.5, 0.6) is 0 Å². The first-order chi connectivity index (χ1) is 8.25. The highest BCUT2D eigenvalue weighted by Gasteiger charge is 2.15. The van der Waals surface area contributed by atoms with E-state index in [0.717, 1.165) is 10.1 Å². The Morgan fingerprint density at radius 3 is 2.88 bits per heavy atom. The van der Waals surface area contributed by atoms with E-state index in [1.54, 1.807) is 11.3 Å². The fourth-order valence-electron chi connectivity index (χ4n) is 2.18. The van der Waals surface area contributed by atoms with E-state index in [-0.39, 0.29) is 6.04 Å². The molecule has 0 aliphatic heterocycles. The van der Waals surface area contributed by atoms with Crippen molar-refractivity contribution in [3.8, 4) is 0 Å². The zero-order valence-corrected chi connectivity index (χ0v) is 11.7. The molecular formula is C12H19N3S2. The van der Waals surface area contributed by atoms with Gasteiger partial charge < -0.3 is 10.6 Å². The standard InChI is InChI=1S/C12H19N3S2/c1-9(11-13-7-8-17-11)14-12(16)15-10-5-3-2-4-6-10/h7-10H,2-6H2,1H3,(H2,14,15,16). The number of thiocarbonyl (C=S) groups is 1. The van der Waals surface area contributed by atoms with Crippen molar-refractivity contribution in [2.24, 2.45) is 0 Å². The highest BCUT2D eigenvalue weighted by molar-refractivity contribution is 7.80. The van der Waals surface area contributed by atoms with Crippen LogP contribution < -0.4 is 10.6 Å². The highest BCUT2D eigenvalue weighted by atomic mass is 32.1. The zero-order valence-electron chi connectivity index (χ0n) is 10.1. The van der Waals surface area contributed by atoms with Crippen LogP contribution in [-0.4, -0.2) is 16.1 Å². The average molecular weight is 269 g/mol. The van der Waals surface area contributed by atoms with E-state index in [1.165, 1.54) is 32.1 Å². The Bertz CT molecular complexity index is 345. The number of aromatic nitrogens is 1. The lowest BCUT2D eigenvalue weighted by Gasteiger charge is -2.25. The molecule has 0 radical (unpaired) electrons. The number of thiazole rings is 1. The third-order valence-electron chi connectivity index (χ3n) is 3.11. The van der Waals surface area contributed by atoms with E-state index in [0.29, 0.717) is 6.04 Å². The molecule has 1 aromatic rings. The van der Waals surface area contributed by atoms with Gasteiger partial charge >= 0.3 is 0 Å². The first-order valence-electron chi connectivity index (χ1n) is 6.22. The van der Waals surface area contributed by atoms with E-state index >= 15 is 0 Å². The van der Waals surface area contributed by atoms with E-state index in [1.807, 2.05) is 11.6 Å². The molecule has 17 heavy (non-hydrogen) atoms. The Balaban J connectivity index is 1.76. The first kappa shape index (κ1) is 12.8. The van der Waals surface area contributed by atoms with Crippen LogP contribution in [0.2, 0.25) is 0 Å². The third-order valence-corrected chi connectivity index (χ3v) is 4.30. The minimum atomic E-state index is 0.193. The highest BCUT2D eigenvalue weighted by Crippen LogP contribution is 2.18. The van der Waals surface area contributed by atoms with Gasteiger partial charge in [0.15, 0.2) is 5.11 Å². The molecule has 0 saturated heterocycles. The van der Waals surface area contributed by atoms with E-state index in [2.05, 4.69) is 22.5 Å². The number of rotatable bonds is 3. The van der Waals surface area contributed by atoms with E-state index in [9.17, 15) is 0 Å². The molecule has 2 N–H and O–H groups in total. The molecule has 2 rings (SSSR count). The van der Waals surface area contributed by atoms with E-state index < -0.39 is 0 Å². The average Bonchev–Trinajstić information content (AvgIpc) is 2.83. The fourth-order valence-corrected chi connectivity index (χ4v) is 3.17. The SMILES string of the molecule is CC(NC(=S)NC1CCCCC1)c1nccs1. The van der Waals surface area contributed by atoms with Crippen molar-refractivity contribution >= 4 is 28.7 Å². The van der Waals surface area contributed by atoms with Gasteiger partial charge in [0.25, 0.3) is 0 Å². The molecule has 0 aromatic carbocycles. The molecule has 1 atom stereocenters. The molecule has 1 aliphatic carbocycles. The monoisotopic (exact) mass is 269 g/mol. The number of nitrogens with one attached hydrogen (secondary N) is 2. The van der Waals surface area contributed by atoms with Crippen LogP contribution in [0.1, 0.15) is 50.1 Å². The van der Waals surface area contributed by atoms with Gasteiger partial charge in [0.2, 0.25) is 0 Å². The smallest absolute Gasteiger partial charge is 0.167 e. The van der Waals surface area contributed by atoms with Crippen molar-refractivity contribution in [2.75, 3.05) is 0 Å². The third kappa shape index (κ3) is 3.92. The van der Waals surface area contributed by atoms with Gasteiger partial charge in [-0.05, 0) is 32.0 Å². The second-order valence-electron chi connectivity index (χ2n) is 4.54. The molecule has 3 nitrogen and oxygen atoms in total. The molecule has 0 bridgehead atoms. The molecule has 1 aromatic heterocycles. The summed E-state index contributed by atoms with van der Waals surface area (Å²) in [5, 5.41) is 10.5. The lowest BCUT2D eigenvalue weighted by atomic mass is 9.96. The molecule has 0 amide bonds. The summed E-state index contributed by atoms with van der Waals surface area (Å²) in [6.45, 7) is 2.09. The summed E-state index contributed by atoms with van der Waals surface area (Å²) in [5.41, 5.74) is 0. The molecule has 0 spiro atoms. The lowest BCUT2D eigenvalue weighted by molar-refractivity contribution is 0.411. The van der Waals surface area contributed by atoms with Crippen LogP contribution in [0.15, 0.2) is 11.6 Å². The molecule has 1 saturated carbocycles. The molecule has 1 fully saturated rings. The van der Waals surface area contributed by atoms with Crippen molar-refractivity contribution in [3.05, 3.63) is 16.6 Å². The van der Waals surface area contributed by atoms with Crippen LogP contribution >= 0.6 is 23.6 Å². The van der Waals surface area contributed by atoms with Gasteiger partial charge in [0, 0.05) is 17.6 Å². The normalized spacial score (nSPS) is 18.6. The van der Waals surface area contributed by atoms with Crippen LogP contribution in [0.4, 0.5) is 0 Å². The maximum Gasteiger partial charge on any atom is 0.167 e. The lowest BCUT2D eigenvalue weighted by Crippen LogP contribution is -2.43. The van der Waals surface area contributed by atoms with Gasteiger partial charge in [-0.25, -0.2) is 4.98 Å². The summed E-state index contributed by atoms with van der Waals surface area (Å²) in [6, 6.07) is 0.755. The summed E-state index contributed by atoms with van der Waals surface area (Å²) in [6.07, 6.45) is 8.33. The number of hydrogen-bond donors (Lipinski definition) is 2. The molecule has 1 heterocycles. The van der Waals surface area contributed by atoms with Gasteiger partial charge in [-0.15, -0.1) is 11.3 Å². The summed E-state index contributed by atoms with van der Waals surface area (Å²) in [5.74, 6) is 0. The Morgan fingerprint density at radius 2 is 2.24 bits per heavy atom. The maximum atomic E-state index is 5.34. The van der Waals surface area contributed by atoms with Gasteiger partial charge in [-0.2, -0.15) is 0 Å². The van der Waals surface area contributed by atoms with Crippen molar-refractivity contribution in [1.82, 2.24) is 15.6 Å². The topological polar surface area (TPSA) is 37.0 Å². The number of hydrogen-bond acceptors (Lipinski definition) is 3. The first-order valence-corrected chi connectivity index (χ1v) is 7.51. The Labute approximate surface area is 112 Å². The fraction of sp³-hybridized carbons (Fsp3) is 0.667. The number of nitrogens with zero attached hydrogens (tertiary/aromatic N) is 1. The molecular weight excluding hydrogens is 250 g/mol. The van der Waals surface area contributed by atoms with Crippen LogP contribution in [0.25, 0.3) is 0 Å². The maximum absolute atomic E-state index is 5.34. The van der Waals surface area contributed by atoms with Gasteiger partial charge in [0.1, 0.15) is 5.01 Å². The zero-order chi connectivity index (χ0) is 12.1. The molecule has 1 aliphatic rings. The molecule has 5 heteroatoms. The van der Waals surface area contributed by atoms with Crippen molar-refractivity contribution < 1.29 is 0 Å². The van der Waals surface area contributed by atoms with Gasteiger partial charge in [-0.3, -0.25) is 0 Å². The van der Waals surface area contributed by atoms with Gasteiger partial charge in [0.05, 0.1) is 6.04 Å². The Hall–Kier alpha value is -0.680. The quantitative estimate of drug-likeness (QED) is 0.827. The minimum absolute atomic E-state index is 0.193. The summed E-state index contributed by atoms with van der Waals surface area (Å²) in [4.78, 5) is 4.28. The van der Waals surface area contributed by atoms with Crippen molar-refractivity contribution in [2.45, 2.75) is 51.1 Å². The second kappa shape index (κ2) is 6.31. The Kier molecular flexibility index (Phi) is 4.74. The second-order valence-corrected chi connectivity index (χ2v) is 5.88. The Morgan fingerprint density at radius 1 is 1.47 bits per heavy atom. The van der Waals surface area contributed by atoms with Crippen molar-refractivity contribution in [1.29, 1.82) is 0 Å².